The minimum atomic E-state index is 1.02. The summed E-state index contributed by atoms with van der Waals surface area (Å²) in [7, 11) is 0. The fraction of sp³-hybridized carbons (Fsp3) is 0.0769. The van der Waals surface area contributed by atoms with E-state index in [1.165, 1.54) is 22.3 Å². The average molecular weight is 163 g/mol. The lowest BCUT2D eigenvalue weighted by Gasteiger charge is -1.97. The van der Waals surface area contributed by atoms with Gasteiger partial charge in [-0.05, 0) is 59.0 Å². The first kappa shape index (κ1) is 6.90. The fourth-order valence-corrected chi connectivity index (χ4v) is 1.87. The molecule has 13 heavy (non-hydrogen) atoms. The second-order valence-corrected chi connectivity index (χ2v) is 3.26. The molecular formula is C13H7. The van der Waals surface area contributed by atoms with Gasteiger partial charge in [-0.3, -0.25) is 0 Å². The van der Waals surface area contributed by atoms with Crippen molar-refractivity contribution in [1.82, 2.24) is 0 Å². The zero-order chi connectivity index (χ0) is 8.67. The summed E-state index contributed by atoms with van der Waals surface area (Å²) in [5.74, 6) is 0. The highest BCUT2D eigenvalue weighted by molar-refractivity contribution is 5.75. The Morgan fingerprint density at radius 2 is 2.08 bits per heavy atom. The van der Waals surface area contributed by atoms with Crippen molar-refractivity contribution in [3.8, 4) is 11.1 Å². The van der Waals surface area contributed by atoms with E-state index >= 15 is 0 Å². The average Bonchev–Trinajstić information content (AvgIpc) is 2.56. The van der Waals surface area contributed by atoms with Crippen LogP contribution in [0.15, 0.2) is 30.3 Å². The van der Waals surface area contributed by atoms with Crippen molar-refractivity contribution in [3.63, 3.8) is 0 Å². The highest BCUT2D eigenvalue weighted by Crippen LogP contribution is 2.34. The molecule has 0 N–H and O–H groups in total. The molecule has 0 nitrogen and oxygen atoms in total. The summed E-state index contributed by atoms with van der Waals surface area (Å²) in [4.78, 5) is 0. The third-order valence-electron chi connectivity index (χ3n) is 2.48. The van der Waals surface area contributed by atoms with Gasteiger partial charge in [0.1, 0.15) is 0 Å². The minimum absolute atomic E-state index is 1.02. The Hall–Kier alpha value is -1.56. The molecule has 2 aromatic carbocycles. The second kappa shape index (κ2) is 2.46. The lowest BCUT2D eigenvalue weighted by Crippen LogP contribution is -1.77. The van der Waals surface area contributed by atoms with Crippen LogP contribution in [0, 0.1) is 18.2 Å². The van der Waals surface area contributed by atoms with Gasteiger partial charge in [0, 0.05) is 0 Å². The predicted molar refractivity (Wildman–Crippen MR) is 51.2 cm³/mol. The van der Waals surface area contributed by atoms with E-state index in [1.54, 1.807) is 0 Å². The van der Waals surface area contributed by atoms with Gasteiger partial charge >= 0.3 is 0 Å². The Balaban J connectivity index is 2.32. The Morgan fingerprint density at radius 1 is 1.08 bits per heavy atom. The molecule has 1 aliphatic rings. The number of benzene rings is 2. The van der Waals surface area contributed by atoms with Crippen LogP contribution in [0.5, 0.6) is 0 Å². The molecule has 0 saturated heterocycles. The van der Waals surface area contributed by atoms with E-state index in [0.717, 1.165) is 6.42 Å². The Kier molecular flexibility index (Phi) is 1.31. The lowest BCUT2D eigenvalue weighted by molar-refractivity contribution is 1.26. The molecule has 2 aromatic rings. The van der Waals surface area contributed by atoms with E-state index in [1.807, 2.05) is 24.3 Å². The van der Waals surface area contributed by atoms with Crippen LogP contribution >= 0.6 is 0 Å². The standard InChI is InChI=1S/C13H7/c1-3-7-12-10(5-1)9-11-6-2-4-8-13(11)12/h1,4-7H,9H2. The SMILES string of the molecule is [c]1c[c]c2c(c1)Cc1cc[c]cc1-2. The highest BCUT2D eigenvalue weighted by Gasteiger charge is 2.16. The zero-order valence-corrected chi connectivity index (χ0v) is 7.09. The third-order valence-corrected chi connectivity index (χ3v) is 2.48. The smallest absolute Gasteiger partial charge is 0.00130 e. The van der Waals surface area contributed by atoms with E-state index in [4.69, 9.17) is 0 Å². The fourth-order valence-electron chi connectivity index (χ4n) is 1.87. The summed E-state index contributed by atoms with van der Waals surface area (Å²) in [6.07, 6.45) is 1.02. The molecule has 0 spiro atoms. The van der Waals surface area contributed by atoms with Crippen molar-refractivity contribution >= 4 is 0 Å². The van der Waals surface area contributed by atoms with E-state index in [9.17, 15) is 0 Å². The van der Waals surface area contributed by atoms with Gasteiger partial charge < -0.3 is 0 Å². The van der Waals surface area contributed by atoms with Gasteiger partial charge in [-0.1, -0.05) is 18.2 Å². The minimum Gasteiger partial charge on any atom is -0.0575 e. The van der Waals surface area contributed by atoms with Crippen LogP contribution in [0.1, 0.15) is 11.1 Å². The summed E-state index contributed by atoms with van der Waals surface area (Å²) in [6, 6.07) is 19.4. The maximum atomic E-state index is 3.23. The molecule has 0 fully saturated rings. The summed E-state index contributed by atoms with van der Waals surface area (Å²) >= 11 is 0. The second-order valence-electron chi connectivity index (χ2n) is 3.26. The molecule has 3 radical (unpaired) electrons. The summed E-state index contributed by atoms with van der Waals surface area (Å²) in [5.41, 5.74) is 5.22. The number of rotatable bonds is 0. The van der Waals surface area contributed by atoms with Gasteiger partial charge in [0.05, 0.1) is 0 Å². The molecule has 59 valence electrons. The van der Waals surface area contributed by atoms with Gasteiger partial charge in [-0.25, -0.2) is 0 Å². The van der Waals surface area contributed by atoms with E-state index < -0.39 is 0 Å². The highest BCUT2D eigenvalue weighted by atomic mass is 14.2. The summed E-state index contributed by atoms with van der Waals surface area (Å²) < 4.78 is 0. The quantitative estimate of drug-likeness (QED) is 0.478. The molecule has 0 amide bonds. The van der Waals surface area contributed by atoms with Crippen LogP contribution in [0.2, 0.25) is 0 Å². The van der Waals surface area contributed by atoms with Crippen LogP contribution in [0.25, 0.3) is 11.1 Å². The molecule has 0 aliphatic heterocycles. The van der Waals surface area contributed by atoms with E-state index in [-0.39, 0.29) is 0 Å². The monoisotopic (exact) mass is 163 g/mol. The van der Waals surface area contributed by atoms with Gasteiger partial charge in [0.25, 0.3) is 0 Å². The molecule has 3 rings (SSSR count). The topological polar surface area (TPSA) is 0 Å². The Bertz CT molecular complexity index is 412. The van der Waals surface area contributed by atoms with Crippen LogP contribution in [0.3, 0.4) is 0 Å². The first-order valence-electron chi connectivity index (χ1n) is 4.35. The lowest BCUT2D eigenvalue weighted by atomic mass is 10.1. The third kappa shape index (κ3) is 0.919. The summed E-state index contributed by atoms with van der Waals surface area (Å²) in [5, 5.41) is 0. The van der Waals surface area contributed by atoms with Crippen molar-refractivity contribution < 1.29 is 0 Å². The molecule has 0 unspecified atom stereocenters. The van der Waals surface area contributed by atoms with Crippen molar-refractivity contribution in [2.75, 3.05) is 0 Å². The predicted octanol–water partition coefficient (Wildman–Crippen LogP) is 2.66. The van der Waals surface area contributed by atoms with Crippen molar-refractivity contribution in [2.24, 2.45) is 0 Å². The molecule has 0 saturated carbocycles. The van der Waals surface area contributed by atoms with Crippen LogP contribution in [-0.4, -0.2) is 0 Å². The van der Waals surface area contributed by atoms with Crippen molar-refractivity contribution in [2.45, 2.75) is 6.42 Å². The van der Waals surface area contributed by atoms with Crippen LogP contribution in [0.4, 0.5) is 0 Å². The molecule has 0 atom stereocenters. The van der Waals surface area contributed by atoms with Crippen molar-refractivity contribution in [1.29, 1.82) is 0 Å². The van der Waals surface area contributed by atoms with Gasteiger partial charge in [0.2, 0.25) is 0 Å². The largest absolute Gasteiger partial charge is 0.0575 e. The maximum Gasteiger partial charge on any atom is -0.00130 e. The molecule has 0 heterocycles. The number of fused-ring (bicyclic) bond motifs is 3. The van der Waals surface area contributed by atoms with Gasteiger partial charge in [0.15, 0.2) is 0 Å². The van der Waals surface area contributed by atoms with E-state index in [0.29, 0.717) is 0 Å². The van der Waals surface area contributed by atoms with Gasteiger partial charge in [-0.2, -0.15) is 0 Å². The number of hydrogen-bond donors (Lipinski definition) is 0. The first-order chi connectivity index (χ1) is 6.45. The molecule has 0 aromatic heterocycles. The van der Waals surface area contributed by atoms with Crippen LogP contribution in [-0.2, 0) is 6.42 Å². The van der Waals surface area contributed by atoms with Gasteiger partial charge in [-0.15, -0.1) is 0 Å². The van der Waals surface area contributed by atoms with Crippen molar-refractivity contribution in [3.05, 3.63) is 59.7 Å². The molecule has 0 bridgehead atoms. The maximum absolute atomic E-state index is 3.23. The Morgan fingerprint density at radius 3 is 3.08 bits per heavy atom. The Labute approximate surface area is 77.8 Å². The summed E-state index contributed by atoms with van der Waals surface area (Å²) in [6.45, 7) is 0. The zero-order valence-electron chi connectivity index (χ0n) is 7.09. The van der Waals surface area contributed by atoms with Crippen LogP contribution < -0.4 is 0 Å². The molecule has 0 heteroatoms. The normalized spacial score (nSPS) is 12.3. The van der Waals surface area contributed by atoms with E-state index in [2.05, 4.69) is 24.3 Å². The molecular weight excluding hydrogens is 156 g/mol. The number of hydrogen-bond acceptors (Lipinski definition) is 0. The molecule has 1 aliphatic carbocycles. The first-order valence-corrected chi connectivity index (χ1v) is 4.35.